The maximum atomic E-state index is 4.77. The van der Waals surface area contributed by atoms with Crippen molar-refractivity contribution >= 4 is 17.5 Å². The fourth-order valence-corrected chi connectivity index (χ4v) is 3.11. The van der Waals surface area contributed by atoms with E-state index < -0.39 is 0 Å². The van der Waals surface area contributed by atoms with E-state index in [0.29, 0.717) is 0 Å². The number of fused-ring (bicyclic) bond motifs is 3. The number of nitrogens with one attached hydrogen (secondary N) is 1. The van der Waals surface area contributed by atoms with Gasteiger partial charge in [0.05, 0.1) is 0 Å². The summed E-state index contributed by atoms with van der Waals surface area (Å²) in [6, 6.07) is 8.34. The molecule has 6 nitrogen and oxygen atoms in total. The Bertz CT molecular complexity index is 737. The Labute approximate surface area is 135 Å². The van der Waals surface area contributed by atoms with Crippen molar-refractivity contribution in [1.82, 2.24) is 14.9 Å². The van der Waals surface area contributed by atoms with Crippen molar-refractivity contribution in [1.29, 1.82) is 0 Å². The van der Waals surface area contributed by atoms with Gasteiger partial charge in [-0.25, -0.2) is 9.97 Å². The Kier molecular flexibility index (Phi) is 3.37. The second-order valence-electron chi connectivity index (χ2n) is 6.06. The third-order valence-electron chi connectivity index (χ3n) is 4.24. The van der Waals surface area contributed by atoms with E-state index in [9.17, 15) is 0 Å². The number of benzene rings is 1. The highest BCUT2D eigenvalue weighted by Crippen LogP contribution is 2.34. The second-order valence-corrected chi connectivity index (χ2v) is 6.06. The summed E-state index contributed by atoms with van der Waals surface area (Å²) in [5.41, 5.74) is 3.35. The molecule has 0 saturated carbocycles. The van der Waals surface area contributed by atoms with Gasteiger partial charge in [0.15, 0.2) is 0 Å². The first-order valence-corrected chi connectivity index (χ1v) is 7.90. The van der Waals surface area contributed by atoms with Gasteiger partial charge in [0, 0.05) is 56.4 Å². The third-order valence-corrected chi connectivity index (χ3v) is 4.24. The molecule has 1 aromatic heterocycles. The van der Waals surface area contributed by atoms with E-state index in [-0.39, 0.29) is 6.17 Å². The Morgan fingerprint density at radius 2 is 1.96 bits per heavy atom. The SMILES string of the molecule is CN(C)c1ncc([C@H]2Nc3ccccc3C3=NCCCN32)cn1. The summed E-state index contributed by atoms with van der Waals surface area (Å²) < 4.78 is 0. The highest BCUT2D eigenvalue weighted by molar-refractivity contribution is 6.05. The number of anilines is 2. The number of hydrogen-bond acceptors (Lipinski definition) is 6. The minimum atomic E-state index is 0.0279. The molecule has 4 rings (SSSR count). The molecule has 0 radical (unpaired) electrons. The van der Waals surface area contributed by atoms with Gasteiger partial charge in [-0.05, 0) is 18.6 Å². The van der Waals surface area contributed by atoms with Gasteiger partial charge in [-0.2, -0.15) is 0 Å². The molecule has 1 atom stereocenters. The van der Waals surface area contributed by atoms with E-state index in [0.717, 1.165) is 42.5 Å². The Balaban J connectivity index is 1.74. The smallest absolute Gasteiger partial charge is 0.224 e. The van der Waals surface area contributed by atoms with E-state index in [4.69, 9.17) is 4.99 Å². The minimum Gasteiger partial charge on any atom is -0.361 e. The molecule has 0 spiro atoms. The number of aliphatic imine (C=N–C) groups is 1. The van der Waals surface area contributed by atoms with Crippen LogP contribution >= 0.6 is 0 Å². The van der Waals surface area contributed by atoms with Gasteiger partial charge < -0.3 is 15.1 Å². The van der Waals surface area contributed by atoms with Crippen molar-refractivity contribution in [3.63, 3.8) is 0 Å². The maximum absolute atomic E-state index is 4.77. The van der Waals surface area contributed by atoms with Crippen LogP contribution in [0.5, 0.6) is 0 Å². The van der Waals surface area contributed by atoms with Crippen LogP contribution in [0.1, 0.15) is 23.7 Å². The van der Waals surface area contributed by atoms with E-state index in [1.165, 1.54) is 5.56 Å². The molecule has 0 amide bonds. The molecule has 0 saturated heterocycles. The average Bonchev–Trinajstić information content (AvgIpc) is 2.61. The van der Waals surface area contributed by atoms with Crippen molar-refractivity contribution in [3.8, 4) is 0 Å². The summed E-state index contributed by atoms with van der Waals surface area (Å²) in [5, 5.41) is 3.61. The number of para-hydroxylation sites is 1. The van der Waals surface area contributed by atoms with Crippen molar-refractivity contribution in [2.75, 3.05) is 37.4 Å². The van der Waals surface area contributed by atoms with Crippen molar-refractivity contribution < 1.29 is 0 Å². The molecule has 1 N–H and O–H groups in total. The molecule has 118 valence electrons. The molecule has 3 heterocycles. The van der Waals surface area contributed by atoms with E-state index in [1.54, 1.807) is 0 Å². The minimum absolute atomic E-state index is 0.0279. The summed E-state index contributed by atoms with van der Waals surface area (Å²) in [5.74, 6) is 1.80. The predicted molar refractivity (Wildman–Crippen MR) is 91.9 cm³/mol. The zero-order chi connectivity index (χ0) is 15.8. The molecule has 23 heavy (non-hydrogen) atoms. The molecule has 0 bridgehead atoms. The first kappa shape index (κ1) is 14.0. The summed E-state index contributed by atoms with van der Waals surface area (Å²) in [4.78, 5) is 17.9. The van der Waals surface area contributed by atoms with Crippen LogP contribution in [-0.4, -0.2) is 47.9 Å². The Morgan fingerprint density at radius 3 is 2.74 bits per heavy atom. The zero-order valence-corrected chi connectivity index (χ0v) is 13.4. The molecule has 1 aromatic carbocycles. The molecule has 0 unspecified atom stereocenters. The van der Waals surface area contributed by atoms with Crippen LogP contribution in [0.25, 0.3) is 0 Å². The fourth-order valence-electron chi connectivity index (χ4n) is 3.11. The summed E-state index contributed by atoms with van der Waals surface area (Å²) in [6.07, 6.45) is 4.90. The van der Waals surface area contributed by atoms with Crippen molar-refractivity contribution in [2.45, 2.75) is 12.6 Å². The van der Waals surface area contributed by atoms with Crippen LogP contribution in [0.4, 0.5) is 11.6 Å². The van der Waals surface area contributed by atoms with E-state index >= 15 is 0 Å². The predicted octanol–water partition coefficient (Wildman–Crippen LogP) is 2.12. The lowest BCUT2D eigenvalue weighted by Crippen LogP contribution is -2.46. The normalized spacial score (nSPS) is 19.3. The lowest BCUT2D eigenvalue weighted by atomic mass is 10.0. The summed E-state index contributed by atoms with van der Waals surface area (Å²) in [6.45, 7) is 1.88. The van der Waals surface area contributed by atoms with E-state index in [2.05, 4.69) is 38.4 Å². The molecule has 2 aliphatic heterocycles. The number of aromatic nitrogens is 2. The van der Waals surface area contributed by atoms with Crippen LogP contribution in [0.15, 0.2) is 41.7 Å². The molecule has 6 heteroatoms. The van der Waals surface area contributed by atoms with Crippen LogP contribution in [0.3, 0.4) is 0 Å². The van der Waals surface area contributed by atoms with Gasteiger partial charge in [-0.1, -0.05) is 12.1 Å². The lowest BCUT2D eigenvalue weighted by molar-refractivity contribution is 0.321. The van der Waals surface area contributed by atoms with Gasteiger partial charge in [0.2, 0.25) is 5.95 Å². The van der Waals surface area contributed by atoms with E-state index in [1.807, 2.05) is 37.5 Å². The first-order valence-electron chi connectivity index (χ1n) is 7.90. The van der Waals surface area contributed by atoms with Crippen LogP contribution in [0.2, 0.25) is 0 Å². The highest BCUT2D eigenvalue weighted by atomic mass is 15.3. The van der Waals surface area contributed by atoms with Gasteiger partial charge in [-0.3, -0.25) is 4.99 Å². The number of rotatable bonds is 2. The molecule has 0 fully saturated rings. The average molecular weight is 308 g/mol. The highest BCUT2D eigenvalue weighted by Gasteiger charge is 2.32. The lowest BCUT2D eigenvalue weighted by Gasteiger charge is -2.42. The van der Waals surface area contributed by atoms with Crippen LogP contribution < -0.4 is 10.2 Å². The van der Waals surface area contributed by atoms with Gasteiger partial charge in [-0.15, -0.1) is 0 Å². The third kappa shape index (κ3) is 2.40. The Hall–Kier alpha value is -2.63. The van der Waals surface area contributed by atoms with Gasteiger partial charge in [0.1, 0.15) is 12.0 Å². The van der Waals surface area contributed by atoms with Crippen LogP contribution in [0, 0.1) is 0 Å². The molecule has 0 aliphatic carbocycles. The van der Waals surface area contributed by atoms with Crippen molar-refractivity contribution in [2.24, 2.45) is 4.99 Å². The topological polar surface area (TPSA) is 56.7 Å². The molecule has 2 aliphatic rings. The number of hydrogen-bond donors (Lipinski definition) is 1. The van der Waals surface area contributed by atoms with Crippen molar-refractivity contribution in [3.05, 3.63) is 47.8 Å². The van der Waals surface area contributed by atoms with Crippen LogP contribution in [-0.2, 0) is 0 Å². The zero-order valence-electron chi connectivity index (χ0n) is 13.4. The molecular weight excluding hydrogens is 288 g/mol. The molecule has 2 aromatic rings. The molecular formula is C17H20N6. The summed E-state index contributed by atoms with van der Waals surface area (Å²) in [7, 11) is 3.89. The van der Waals surface area contributed by atoms with Gasteiger partial charge in [0.25, 0.3) is 0 Å². The number of nitrogens with zero attached hydrogens (tertiary/aromatic N) is 5. The first-order chi connectivity index (χ1) is 11.2. The number of amidine groups is 1. The Morgan fingerprint density at radius 1 is 1.17 bits per heavy atom. The monoisotopic (exact) mass is 308 g/mol. The maximum Gasteiger partial charge on any atom is 0.224 e. The fraction of sp³-hybridized carbons (Fsp3) is 0.353. The largest absolute Gasteiger partial charge is 0.361 e. The summed E-state index contributed by atoms with van der Waals surface area (Å²) >= 11 is 0. The standard InChI is InChI=1S/C17H20N6/c1-22(2)17-19-10-12(11-20-17)15-21-14-7-4-3-6-13(14)16-18-8-5-9-23(15)16/h3-4,6-7,10-11,15,21H,5,8-9H2,1-2H3/t15-/m0/s1. The quantitative estimate of drug-likeness (QED) is 0.921. The second kappa shape index (κ2) is 5.53. The van der Waals surface area contributed by atoms with Gasteiger partial charge >= 0.3 is 0 Å².